The number of rotatable bonds is 2. The van der Waals surface area contributed by atoms with Gasteiger partial charge in [0, 0.05) is 26.2 Å². The van der Waals surface area contributed by atoms with E-state index in [0.717, 1.165) is 52.4 Å². The lowest BCUT2D eigenvalue weighted by Crippen LogP contribution is -2.48. The minimum atomic E-state index is 0.796. The predicted octanol–water partition coefficient (Wildman–Crippen LogP) is 1.18. The van der Waals surface area contributed by atoms with E-state index < -0.39 is 0 Å². The Bertz CT molecular complexity index is 416. The first kappa shape index (κ1) is 13.1. The van der Waals surface area contributed by atoms with E-state index in [1.807, 2.05) is 0 Å². The molecule has 104 valence electrons. The third-order valence-electron chi connectivity index (χ3n) is 4.06. The number of hydrogen-bond acceptors (Lipinski definition) is 4. The van der Waals surface area contributed by atoms with Gasteiger partial charge in [-0.3, -0.25) is 9.74 Å². The van der Waals surface area contributed by atoms with E-state index in [0.29, 0.717) is 0 Å². The molecule has 0 atom stereocenters. The van der Waals surface area contributed by atoms with Crippen molar-refractivity contribution in [3.05, 3.63) is 35.4 Å². The second-order valence-corrected chi connectivity index (χ2v) is 5.55. The summed E-state index contributed by atoms with van der Waals surface area (Å²) >= 11 is 0. The summed E-state index contributed by atoms with van der Waals surface area (Å²) in [7, 11) is 2.19. The first-order valence-corrected chi connectivity index (χ1v) is 7.17. The molecule has 3 rings (SSSR count). The van der Waals surface area contributed by atoms with Crippen LogP contribution in [0, 0.1) is 0 Å². The standard InChI is InChI=1S/C15H23N3O/c1-16-7-9-17(10-8-16)13-18-12-15-5-3-2-4-14(15)6-11-19-18/h2-5H,6-13H2,1H3. The van der Waals surface area contributed by atoms with E-state index in [2.05, 4.69) is 46.2 Å². The molecular formula is C15H23N3O. The van der Waals surface area contributed by atoms with Crippen molar-refractivity contribution < 1.29 is 4.84 Å². The Labute approximate surface area is 115 Å². The zero-order valence-electron chi connectivity index (χ0n) is 11.7. The first-order valence-electron chi connectivity index (χ1n) is 7.17. The molecular weight excluding hydrogens is 238 g/mol. The predicted molar refractivity (Wildman–Crippen MR) is 75.6 cm³/mol. The van der Waals surface area contributed by atoms with Gasteiger partial charge in [-0.1, -0.05) is 24.3 Å². The van der Waals surface area contributed by atoms with Gasteiger partial charge in [0.25, 0.3) is 0 Å². The summed E-state index contributed by atoms with van der Waals surface area (Å²) in [6.07, 6.45) is 1.02. The molecule has 4 heteroatoms. The Morgan fingerprint density at radius 1 is 1.05 bits per heavy atom. The number of fused-ring (bicyclic) bond motifs is 1. The van der Waals surface area contributed by atoms with E-state index in [1.165, 1.54) is 11.1 Å². The van der Waals surface area contributed by atoms with Gasteiger partial charge in [-0.25, -0.2) is 0 Å². The van der Waals surface area contributed by atoms with Crippen molar-refractivity contribution in [2.24, 2.45) is 0 Å². The van der Waals surface area contributed by atoms with Gasteiger partial charge >= 0.3 is 0 Å². The second kappa shape index (κ2) is 6.01. The van der Waals surface area contributed by atoms with Gasteiger partial charge < -0.3 is 4.90 Å². The van der Waals surface area contributed by atoms with E-state index >= 15 is 0 Å². The van der Waals surface area contributed by atoms with Crippen molar-refractivity contribution >= 4 is 0 Å². The molecule has 2 aliphatic heterocycles. The molecule has 1 saturated heterocycles. The normalized spacial score (nSPS) is 23.0. The van der Waals surface area contributed by atoms with Gasteiger partial charge in [0.2, 0.25) is 0 Å². The lowest BCUT2D eigenvalue weighted by molar-refractivity contribution is -0.188. The Morgan fingerprint density at radius 2 is 1.79 bits per heavy atom. The minimum Gasteiger partial charge on any atom is -0.304 e. The molecule has 0 unspecified atom stereocenters. The van der Waals surface area contributed by atoms with Crippen molar-refractivity contribution in [1.82, 2.24) is 14.9 Å². The summed E-state index contributed by atoms with van der Waals surface area (Å²) in [6, 6.07) is 8.69. The Morgan fingerprint density at radius 3 is 2.58 bits per heavy atom. The van der Waals surface area contributed by atoms with Crippen LogP contribution in [0.4, 0.5) is 0 Å². The van der Waals surface area contributed by atoms with Crippen LogP contribution < -0.4 is 0 Å². The Balaban J connectivity index is 1.60. The maximum atomic E-state index is 5.89. The van der Waals surface area contributed by atoms with Crippen molar-refractivity contribution in [2.75, 3.05) is 46.5 Å². The van der Waals surface area contributed by atoms with Crippen LogP contribution in [-0.2, 0) is 17.8 Å². The number of nitrogens with zero attached hydrogens (tertiary/aromatic N) is 3. The second-order valence-electron chi connectivity index (χ2n) is 5.55. The molecule has 2 aliphatic rings. The van der Waals surface area contributed by atoms with Crippen LogP contribution >= 0.6 is 0 Å². The van der Waals surface area contributed by atoms with E-state index in [-0.39, 0.29) is 0 Å². The van der Waals surface area contributed by atoms with Crippen molar-refractivity contribution in [3.8, 4) is 0 Å². The highest BCUT2D eigenvalue weighted by Crippen LogP contribution is 2.17. The number of piperazine rings is 1. The zero-order valence-corrected chi connectivity index (χ0v) is 11.7. The third-order valence-corrected chi connectivity index (χ3v) is 4.06. The lowest BCUT2D eigenvalue weighted by atomic mass is 10.1. The summed E-state index contributed by atoms with van der Waals surface area (Å²) in [4.78, 5) is 10.8. The van der Waals surface area contributed by atoms with Crippen molar-refractivity contribution in [1.29, 1.82) is 0 Å². The zero-order chi connectivity index (χ0) is 13.1. The molecule has 0 N–H and O–H groups in total. The van der Waals surface area contributed by atoms with E-state index in [1.54, 1.807) is 0 Å². The maximum Gasteiger partial charge on any atom is 0.0761 e. The van der Waals surface area contributed by atoms with E-state index in [9.17, 15) is 0 Å². The summed E-state index contributed by atoms with van der Waals surface area (Å²) in [5.74, 6) is 0. The quantitative estimate of drug-likeness (QED) is 0.796. The molecule has 0 radical (unpaired) electrons. The Kier molecular flexibility index (Phi) is 4.13. The van der Waals surface area contributed by atoms with Crippen LogP contribution in [0.5, 0.6) is 0 Å². The van der Waals surface area contributed by atoms with Crippen molar-refractivity contribution in [2.45, 2.75) is 13.0 Å². The summed E-state index contributed by atoms with van der Waals surface area (Å²) in [6.45, 7) is 7.21. The average Bonchev–Trinajstić information content (AvgIpc) is 2.63. The van der Waals surface area contributed by atoms with Gasteiger partial charge in [-0.2, -0.15) is 5.06 Å². The largest absolute Gasteiger partial charge is 0.304 e. The number of hydrogen-bond donors (Lipinski definition) is 0. The molecule has 0 bridgehead atoms. The van der Waals surface area contributed by atoms with Crippen LogP contribution in [0.2, 0.25) is 0 Å². The molecule has 0 aromatic heterocycles. The van der Waals surface area contributed by atoms with Gasteiger partial charge in [0.15, 0.2) is 0 Å². The van der Waals surface area contributed by atoms with Crippen LogP contribution in [0.3, 0.4) is 0 Å². The highest BCUT2D eigenvalue weighted by molar-refractivity contribution is 5.27. The first-order chi connectivity index (χ1) is 9.31. The molecule has 4 nitrogen and oxygen atoms in total. The molecule has 0 aliphatic carbocycles. The van der Waals surface area contributed by atoms with Crippen LogP contribution in [0.1, 0.15) is 11.1 Å². The molecule has 0 spiro atoms. The van der Waals surface area contributed by atoms with Gasteiger partial charge in [-0.05, 0) is 24.6 Å². The number of hydroxylamine groups is 2. The van der Waals surface area contributed by atoms with Crippen LogP contribution in [0.15, 0.2) is 24.3 Å². The smallest absolute Gasteiger partial charge is 0.0761 e. The Hall–Kier alpha value is -0.940. The molecule has 1 fully saturated rings. The monoisotopic (exact) mass is 261 g/mol. The summed E-state index contributed by atoms with van der Waals surface area (Å²) in [5.41, 5.74) is 2.84. The fourth-order valence-corrected chi connectivity index (χ4v) is 2.78. The minimum absolute atomic E-state index is 0.796. The molecule has 19 heavy (non-hydrogen) atoms. The topological polar surface area (TPSA) is 19.0 Å². The number of likely N-dealkylation sites (N-methyl/N-ethyl adjacent to an activating group) is 1. The SMILES string of the molecule is CN1CCN(CN2Cc3ccccc3CCO2)CC1. The number of benzene rings is 1. The fourth-order valence-electron chi connectivity index (χ4n) is 2.78. The fraction of sp³-hybridized carbons (Fsp3) is 0.600. The van der Waals surface area contributed by atoms with Crippen LogP contribution in [-0.4, -0.2) is 61.4 Å². The van der Waals surface area contributed by atoms with Gasteiger partial charge in [-0.15, -0.1) is 0 Å². The highest BCUT2D eigenvalue weighted by Gasteiger charge is 2.20. The average molecular weight is 261 g/mol. The summed E-state index contributed by atoms with van der Waals surface area (Å²) < 4.78 is 0. The van der Waals surface area contributed by atoms with E-state index in [4.69, 9.17) is 4.84 Å². The highest BCUT2D eigenvalue weighted by atomic mass is 16.7. The summed E-state index contributed by atoms with van der Waals surface area (Å²) in [5, 5.41) is 2.12. The molecule has 0 amide bonds. The molecule has 0 saturated carbocycles. The van der Waals surface area contributed by atoms with Crippen LogP contribution in [0.25, 0.3) is 0 Å². The third kappa shape index (κ3) is 3.34. The molecule has 1 aromatic rings. The molecule has 2 heterocycles. The maximum absolute atomic E-state index is 5.89. The van der Waals surface area contributed by atoms with Gasteiger partial charge in [0.1, 0.15) is 0 Å². The lowest BCUT2D eigenvalue weighted by Gasteiger charge is -2.35. The van der Waals surface area contributed by atoms with Gasteiger partial charge in [0.05, 0.1) is 19.8 Å². The molecule has 1 aromatic carbocycles. The van der Waals surface area contributed by atoms with Crippen molar-refractivity contribution in [3.63, 3.8) is 0 Å².